The van der Waals surface area contributed by atoms with Crippen LogP contribution in [0.3, 0.4) is 0 Å². The zero-order chi connectivity index (χ0) is 18.5. The van der Waals surface area contributed by atoms with Crippen LogP contribution in [0.2, 0.25) is 0 Å². The van der Waals surface area contributed by atoms with Gasteiger partial charge in [-0.1, -0.05) is 13.8 Å². The Balaban J connectivity index is 1.93. The average Bonchev–Trinajstić information content (AvgIpc) is 3.20. The van der Waals surface area contributed by atoms with E-state index in [2.05, 4.69) is 29.0 Å². The molecular weight excluding hydrogens is 328 g/mol. The van der Waals surface area contributed by atoms with Crippen molar-refractivity contribution in [1.82, 2.24) is 15.3 Å². The predicted octanol–water partition coefficient (Wildman–Crippen LogP) is 3.14. The number of carbonyl (C=O) groups excluding carboxylic acids is 1. The number of benzene rings is 1. The smallest absolute Gasteiger partial charge is 0.256 e. The monoisotopic (exact) mass is 354 g/mol. The number of rotatable bonds is 6. The van der Waals surface area contributed by atoms with Crippen LogP contribution in [0, 0.1) is 5.92 Å². The number of methoxy groups -OCH3 is 1. The van der Waals surface area contributed by atoms with Crippen molar-refractivity contribution in [2.24, 2.45) is 5.92 Å². The minimum Gasteiger partial charge on any atom is -0.497 e. The van der Waals surface area contributed by atoms with Gasteiger partial charge in [0.05, 0.1) is 7.11 Å². The molecule has 26 heavy (non-hydrogen) atoms. The van der Waals surface area contributed by atoms with E-state index in [1.54, 1.807) is 13.3 Å². The summed E-state index contributed by atoms with van der Waals surface area (Å²) in [6.07, 6.45) is 3.89. The number of hydrogen-bond donors (Lipinski definition) is 1. The fourth-order valence-electron chi connectivity index (χ4n) is 2.97. The normalized spacial score (nSPS) is 13.9. The Morgan fingerprint density at radius 1 is 1.23 bits per heavy atom. The molecule has 2 aromatic rings. The van der Waals surface area contributed by atoms with Gasteiger partial charge in [0.2, 0.25) is 0 Å². The van der Waals surface area contributed by atoms with Gasteiger partial charge in [0.25, 0.3) is 5.91 Å². The maximum atomic E-state index is 12.6. The Bertz CT molecular complexity index is 753. The number of nitrogens with zero attached hydrogens (tertiary/aromatic N) is 3. The Kier molecular flexibility index (Phi) is 5.71. The molecule has 1 aliphatic heterocycles. The Hall–Kier alpha value is -2.63. The van der Waals surface area contributed by atoms with Crippen molar-refractivity contribution in [2.45, 2.75) is 26.7 Å². The van der Waals surface area contributed by atoms with Crippen LogP contribution in [0.25, 0.3) is 11.4 Å². The second kappa shape index (κ2) is 8.17. The van der Waals surface area contributed by atoms with Crippen LogP contribution in [0.5, 0.6) is 5.75 Å². The lowest BCUT2D eigenvalue weighted by Gasteiger charge is -2.20. The highest BCUT2D eigenvalue weighted by Crippen LogP contribution is 2.26. The zero-order valence-corrected chi connectivity index (χ0v) is 15.7. The van der Waals surface area contributed by atoms with Crippen LogP contribution in [0.1, 0.15) is 37.0 Å². The van der Waals surface area contributed by atoms with Crippen molar-refractivity contribution in [1.29, 1.82) is 0 Å². The van der Waals surface area contributed by atoms with E-state index in [0.29, 0.717) is 23.9 Å². The highest BCUT2D eigenvalue weighted by atomic mass is 16.5. The molecular formula is C20H26N4O2. The van der Waals surface area contributed by atoms with Gasteiger partial charge < -0.3 is 15.0 Å². The summed E-state index contributed by atoms with van der Waals surface area (Å²) in [6, 6.07) is 7.63. The van der Waals surface area contributed by atoms with Gasteiger partial charge in [-0.3, -0.25) is 4.79 Å². The van der Waals surface area contributed by atoms with Crippen molar-refractivity contribution < 1.29 is 9.53 Å². The largest absolute Gasteiger partial charge is 0.497 e. The molecule has 0 unspecified atom stereocenters. The maximum Gasteiger partial charge on any atom is 0.256 e. The van der Waals surface area contributed by atoms with Gasteiger partial charge in [-0.25, -0.2) is 9.97 Å². The molecule has 0 radical (unpaired) electrons. The highest BCUT2D eigenvalue weighted by Gasteiger charge is 2.22. The number of hydrogen-bond acceptors (Lipinski definition) is 5. The first kappa shape index (κ1) is 18.2. The lowest BCUT2D eigenvalue weighted by atomic mass is 10.2. The van der Waals surface area contributed by atoms with E-state index < -0.39 is 0 Å². The van der Waals surface area contributed by atoms with Gasteiger partial charge in [0.15, 0.2) is 5.82 Å². The molecule has 0 atom stereocenters. The fraction of sp³-hybridized carbons (Fsp3) is 0.450. The number of aromatic nitrogens is 2. The van der Waals surface area contributed by atoms with Crippen LogP contribution in [-0.2, 0) is 0 Å². The molecule has 1 fully saturated rings. The number of nitrogens with one attached hydrogen (secondary N) is 1. The van der Waals surface area contributed by atoms with E-state index in [-0.39, 0.29) is 5.91 Å². The molecule has 6 nitrogen and oxygen atoms in total. The van der Waals surface area contributed by atoms with Crippen molar-refractivity contribution in [2.75, 3.05) is 31.6 Å². The molecule has 0 saturated carbocycles. The second-order valence-electron chi connectivity index (χ2n) is 6.96. The maximum absolute atomic E-state index is 12.6. The SMILES string of the molecule is COc1ccc(-c2ncc(C(=O)NCC(C)C)c(N3CCCC3)n2)cc1. The number of carbonyl (C=O) groups is 1. The van der Waals surface area contributed by atoms with Crippen LogP contribution in [0.4, 0.5) is 5.82 Å². The van der Waals surface area contributed by atoms with Gasteiger partial charge in [0.1, 0.15) is 17.1 Å². The quantitative estimate of drug-likeness (QED) is 0.863. The third kappa shape index (κ3) is 4.12. The van der Waals surface area contributed by atoms with Gasteiger partial charge in [-0.05, 0) is 43.0 Å². The molecule has 3 rings (SSSR count). The third-order valence-corrected chi connectivity index (χ3v) is 4.44. The predicted molar refractivity (Wildman–Crippen MR) is 103 cm³/mol. The summed E-state index contributed by atoms with van der Waals surface area (Å²) in [7, 11) is 1.64. The van der Waals surface area contributed by atoms with E-state index in [1.807, 2.05) is 24.3 Å². The average molecular weight is 354 g/mol. The van der Waals surface area contributed by atoms with E-state index in [0.717, 1.165) is 43.1 Å². The molecule has 1 aromatic carbocycles. The van der Waals surface area contributed by atoms with Gasteiger partial charge >= 0.3 is 0 Å². The minimum absolute atomic E-state index is 0.109. The molecule has 1 saturated heterocycles. The summed E-state index contributed by atoms with van der Waals surface area (Å²) < 4.78 is 5.20. The summed E-state index contributed by atoms with van der Waals surface area (Å²) in [5.41, 5.74) is 1.45. The first-order valence-electron chi connectivity index (χ1n) is 9.13. The van der Waals surface area contributed by atoms with Gasteiger partial charge in [0, 0.05) is 31.4 Å². The summed E-state index contributed by atoms with van der Waals surface area (Å²) >= 11 is 0. The zero-order valence-electron chi connectivity index (χ0n) is 15.7. The Labute approximate surface area is 154 Å². The lowest BCUT2D eigenvalue weighted by molar-refractivity contribution is 0.0949. The van der Waals surface area contributed by atoms with Crippen LogP contribution < -0.4 is 15.0 Å². The van der Waals surface area contributed by atoms with E-state index in [4.69, 9.17) is 9.72 Å². The molecule has 1 amide bonds. The van der Waals surface area contributed by atoms with Crippen molar-refractivity contribution in [3.8, 4) is 17.1 Å². The summed E-state index contributed by atoms with van der Waals surface area (Å²) in [5, 5.41) is 2.97. The lowest BCUT2D eigenvalue weighted by Crippen LogP contribution is -2.30. The summed E-state index contributed by atoms with van der Waals surface area (Å²) in [6.45, 7) is 6.63. The topological polar surface area (TPSA) is 67.3 Å². The fourth-order valence-corrected chi connectivity index (χ4v) is 2.97. The first-order chi connectivity index (χ1) is 12.6. The molecule has 138 valence electrons. The van der Waals surface area contributed by atoms with E-state index in [1.165, 1.54) is 0 Å². The van der Waals surface area contributed by atoms with Gasteiger partial charge in [-0.2, -0.15) is 0 Å². The molecule has 1 aliphatic rings. The van der Waals surface area contributed by atoms with Crippen LogP contribution in [-0.4, -0.2) is 42.6 Å². The third-order valence-electron chi connectivity index (χ3n) is 4.44. The van der Waals surface area contributed by atoms with Crippen molar-refractivity contribution in [3.63, 3.8) is 0 Å². The summed E-state index contributed by atoms with van der Waals surface area (Å²) in [5.74, 6) is 2.42. The van der Waals surface area contributed by atoms with Crippen LogP contribution in [0.15, 0.2) is 30.5 Å². The number of anilines is 1. The van der Waals surface area contributed by atoms with Crippen LogP contribution >= 0.6 is 0 Å². The van der Waals surface area contributed by atoms with E-state index >= 15 is 0 Å². The highest BCUT2D eigenvalue weighted by molar-refractivity contribution is 5.99. The second-order valence-corrected chi connectivity index (χ2v) is 6.96. The van der Waals surface area contributed by atoms with Crippen molar-refractivity contribution >= 4 is 11.7 Å². The standard InChI is InChI=1S/C20H26N4O2/c1-14(2)12-22-20(25)17-13-21-18(15-6-8-16(26-3)9-7-15)23-19(17)24-10-4-5-11-24/h6-9,13-14H,4-5,10-12H2,1-3H3,(H,22,25). The molecule has 1 aromatic heterocycles. The van der Waals surface area contributed by atoms with E-state index in [9.17, 15) is 4.79 Å². The molecule has 1 N–H and O–H groups in total. The first-order valence-corrected chi connectivity index (χ1v) is 9.13. The van der Waals surface area contributed by atoms with Crippen molar-refractivity contribution in [3.05, 3.63) is 36.0 Å². The molecule has 2 heterocycles. The Morgan fingerprint density at radius 2 is 1.92 bits per heavy atom. The van der Waals surface area contributed by atoms with Gasteiger partial charge in [-0.15, -0.1) is 0 Å². The molecule has 0 aliphatic carbocycles. The molecule has 0 spiro atoms. The molecule has 0 bridgehead atoms. The number of amides is 1. The Morgan fingerprint density at radius 3 is 2.54 bits per heavy atom. The minimum atomic E-state index is -0.109. The molecule has 6 heteroatoms. The number of ether oxygens (including phenoxy) is 1. The summed E-state index contributed by atoms with van der Waals surface area (Å²) in [4.78, 5) is 24.0.